The first-order valence-corrected chi connectivity index (χ1v) is 8.89. The van der Waals surface area contributed by atoms with Crippen LogP contribution in [0.4, 0.5) is 0 Å². The fourth-order valence-corrected chi connectivity index (χ4v) is 3.91. The lowest BCUT2D eigenvalue weighted by molar-refractivity contribution is 0.361. The van der Waals surface area contributed by atoms with Gasteiger partial charge in [-0.3, -0.25) is 0 Å². The van der Waals surface area contributed by atoms with E-state index in [1.165, 1.54) is 6.20 Å². The third kappa shape index (κ3) is 4.32. The Kier molecular flexibility index (Phi) is 5.80. The number of halogens is 1. The van der Waals surface area contributed by atoms with E-state index in [2.05, 4.69) is 22.1 Å². The highest BCUT2D eigenvalue weighted by molar-refractivity contribution is 7.89. The van der Waals surface area contributed by atoms with Crippen LogP contribution in [0.15, 0.2) is 47.6 Å². The number of hydrogen-bond acceptors (Lipinski definition) is 4. The molecule has 2 unspecified atom stereocenters. The van der Waals surface area contributed by atoms with Gasteiger partial charge in [-0.25, -0.2) is 17.8 Å². The molecule has 1 aliphatic heterocycles. The second-order valence-corrected chi connectivity index (χ2v) is 7.37. The minimum atomic E-state index is -3.53. The van der Waals surface area contributed by atoms with Gasteiger partial charge >= 0.3 is 0 Å². The molecule has 0 radical (unpaired) electrons. The number of nitrogens with one attached hydrogen (secondary N) is 2. The minimum absolute atomic E-state index is 0. The number of aromatic nitrogens is 2. The lowest BCUT2D eigenvalue weighted by Crippen LogP contribution is -2.46. The normalized spacial score (nSPS) is 21.6. The summed E-state index contributed by atoms with van der Waals surface area (Å²) in [6.45, 7) is 2.89. The van der Waals surface area contributed by atoms with Crippen LogP contribution in [0.1, 0.15) is 19.8 Å². The molecular weight excluding hydrogens is 336 g/mol. The number of benzene rings is 1. The zero-order chi connectivity index (χ0) is 15.6. The lowest BCUT2D eigenvalue weighted by atomic mass is 10.0. The maximum Gasteiger partial charge on any atom is 0.243 e. The van der Waals surface area contributed by atoms with Crippen molar-refractivity contribution in [1.29, 1.82) is 0 Å². The van der Waals surface area contributed by atoms with Gasteiger partial charge in [-0.1, -0.05) is 18.2 Å². The molecule has 0 aliphatic carbocycles. The maximum atomic E-state index is 12.5. The Labute approximate surface area is 142 Å². The fraction of sp³-hybridized carbons (Fsp3) is 0.400. The summed E-state index contributed by atoms with van der Waals surface area (Å²) >= 11 is 0. The van der Waals surface area contributed by atoms with E-state index in [1.807, 2.05) is 30.3 Å². The highest BCUT2D eigenvalue weighted by Gasteiger charge is 2.25. The van der Waals surface area contributed by atoms with E-state index in [9.17, 15) is 8.42 Å². The number of para-hydroxylation sites is 1. The average Bonchev–Trinajstić information content (AvgIpc) is 2.98. The smallest absolute Gasteiger partial charge is 0.243 e. The van der Waals surface area contributed by atoms with Crippen molar-refractivity contribution < 1.29 is 8.42 Å². The van der Waals surface area contributed by atoms with Gasteiger partial charge in [-0.2, -0.15) is 5.10 Å². The van der Waals surface area contributed by atoms with Crippen LogP contribution >= 0.6 is 12.4 Å². The molecule has 0 bridgehead atoms. The lowest BCUT2D eigenvalue weighted by Gasteiger charge is -2.28. The molecule has 1 aliphatic rings. The van der Waals surface area contributed by atoms with Crippen molar-refractivity contribution in [2.45, 2.75) is 36.7 Å². The van der Waals surface area contributed by atoms with Crippen molar-refractivity contribution in [3.63, 3.8) is 0 Å². The van der Waals surface area contributed by atoms with Crippen LogP contribution in [0.5, 0.6) is 0 Å². The summed E-state index contributed by atoms with van der Waals surface area (Å²) in [5.41, 5.74) is 0.833. The van der Waals surface area contributed by atoms with Crippen LogP contribution in [0.2, 0.25) is 0 Å². The molecule has 0 spiro atoms. The van der Waals surface area contributed by atoms with Crippen LogP contribution < -0.4 is 10.0 Å². The Morgan fingerprint density at radius 1 is 1.30 bits per heavy atom. The summed E-state index contributed by atoms with van der Waals surface area (Å²) < 4.78 is 29.3. The molecular formula is C15H21ClN4O2S. The second-order valence-electron chi connectivity index (χ2n) is 5.65. The summed E-state index contributed by atoms with van der Waals surface area (Å²) in [5, 5.41) is 7.46. The molecule has 2 aromatic rings. The quantitative estimate of drug-likeness (QED) is 0.874. The van der Waals surface area contributed by atoms with Gasteiger partial charge in [0.2, 0.25) is 10.0 Å². The fourth-order valence-electron chi connectivity index (χ4n) is 2.69. The van der Waals surface area contributed by atoms with Crippen LogP contribution in [-0.4, -0.2) is 36.8 Å². The standard InChI is InChI=1S/C15H20N4O2S.ClH/c1-12-9-13(7-8-16-12)18-22(20,21)15-10-17-19(11-15)14-5-3-2-4-6-14;/h2-6,10-13,16,18H,7-9H2,1H3;1H. The molecule has 0 saturated carbocycles. The van der Waals surface area contributed by atoms with E-state index < -0.39 is 10.0 Å². The van der Waals surface area contributed by atoms with E-state index in [-0.39, 0.29) is 23.3 Å². The molecule has 8 heteroatoms. The van der Waals surface area contributed by atoms with Gasteiger partial charge in [-0.15, -0.1) is 12.4 Å². The van der Waals surface area contributed by atoms with Gasteiger partial charge in [0.05, 0.1) is 18.1 Å². The molecule has 0 amide bonds. The van der Waals surface area contributed by atoms with Crippen LogP contribution in [0.25, 0.3) is 5.69 Å². The summed E-state index contributed by atoms with van der Waals surface area (Å²) in [5.74, 6) is 0. The third-order valence-corrected chi connectivity index (χ3v) is 5.31. The SMILES string of the molecule is CC1CC(NS(=O)(=O)c2cnn(-c3ccccc3)c2)CCN1.Cl. The van der Waals surface area contributed by atoms with Crippen molar-refractivity contribution in [2.75, 3.05) is 6.54 Å². The predicted octanol–water partition coefficient (Wildman–Crippen LogP) is 1.71. The molecule has 1 aromatic heterocycles. The number of rotatable bonds is 4. The van der Waals surface area contributed by atoms with E-state index in [0.29, 0.717) is 6.04 Å². The molecule has 1 aromatic carbocycles. The molecule has 2 heterocycles. The summed E-state index contributed by atoms with van der Waals surface area (Å²) in [7, 11) is -3.53. The van der Waals surface area contributed by atoms with Gasteiger partial charge in [0.15, 0.2) is 0 Å². The highest BCUT2D eigenvalue weighted by atomic mass is 35.5. The first-order chi connectivity index (χ1) is 10.5. The van der Waals surface area contributed by atoms with Crippen molar-refractivity contribution in [3.05, 3.63) is 42.7 Å². The van der Waals surface area contributed by atoms with Crippen LogP contribution in [0, 0.1) is 0 Å². The van der Waals surface area contributed by atoms with Gasteiger partial charge in [-0.05, 0) is 38.4 Å². The number of hydrogen-bond donors (Lipinski definition) is 2. The minimum Gasteiger partial charge on any atom is -0.314 e. The number of sulfonamides is 1. The maximum absolute atomic E-state index is 12.5. The van der Waals surface area contributed by atoms with Crippen molar-refractivity contribution in [2.24, 2.45) is 0 Å². The zero-order valence-corrected chi connectivity index (χ0v) is 14.5. The van der Waals surface area contributed by atoms with Crippen LogP contribution in [0.3, 0.4) is 0 Å². The largest absolute Gasteiger partial charge is 0.314 e. The monoisotopic (exact) mass is 356 g/mol. The zero-order valence-electron chi connectivity index (χ0n) is 12.8. The van der Waals surface area contributed by atoms with E-state index in [0.717, 1.165) is 25.1 Å². The van der Waals surface area contributed by atoms with Gasteiger partial charge in [0.1, 0.15) is 4.90 Å². The second kappa shape index (κ2) is 7.44. The Hall–Kier alpha value is -1.41. The molecule has 23 heavy (non-hydrogen) atoms. The Morgan fingerprint density at radius 3 is 2.74 bits per heavy atom. The molecule has 3 rings (SSSR count). The topological polar surface area (TPSA) is 76.0 Å². The Balaban J connectivity index is 0.00000192. The summed E-state index contributed by atoms with van der Waals surface area (Å²) in [6, 6.07) is 9.75. The molecule has 126 valence electrons. The molecule has 1 saturated heterocycles. The molecule has 1 fully saturated rings. The third-order valence-electron chi connectivity index (χ3n) is 3.84. The van der Waals surface area contributed by atoms with Gasteiger partial charge < -0.3 is 5.32 Å². The molecule has 2 atom stereocenters. The predicted molar refractivity (Wildman–Crippen MR) is 91.6 cm³/mol. The van der Waals surface area contributed by atoms with Gasteiger partial charge in [0, 0.05) is 12.1 Å². The first kappa shape index (κ1) is 17.9. The van der Waals surface area contributed by atoms with Crippen molar-refractivity contribution in [3.8, 4) is 5.69 Å². The van der Waals surface area contributed by atoms with E-state index >= 15 is 0 Å². The number of piperidine rings is 1. The van der Waals surface area contributed by atoms with Crippen molar-refractivity contribution in [1.82, 2.24) is 19.8 Å². The van der Waals surface area contributed by atoms with Crippen LogP contribution in [-0.2, 0) is 10.0 Å². The molecule has 6 nitrogen and oxygen atoms in total. The van der Waals surface area contributed by atoms with E-state index in [4.69, 9.17) is 0 Å². The van der Waals surface area contributed by atoms with Gasteiger partial charge in [0.25, 0.3) is 0 Å². The summed E-state index contributed by atoms with van der Waals surface area (Å²) in [4.78, 5) is 0.197. The Bertz CT molecular complexity index is 733. The molecule has 2 N–H and O–H groups in total. The Morgan fingerprint density at radius 2 is 2.04 bits per heavy atom. The summed E-state index contributed by atoms with van der Waals surface area (Å²) in [6.07, 6.45) is 4.53. The first-order valence-electron chi connectivity index (χ1n) is 7.40. The average molecular weight is 357 g/mol. The van der Waals surface area contributed by atoms with E-state index in [1.54, 1.807) is 10.9 Å². The van der Waals surface area contributed by atoms with Crippen molar-refractivity contribution >= 4 is 22.4 Å². The number of nitrogens with zero attached hydrogens (tertiary/aromatic N) is 2. The highest BCUT2D eigenvalue weighted by Crippen LogP contribution is 2.15.